The van der Waals surface area contributed by atoms with Crippen molar-refractivity contribution in [1.29, 1.82) is 0 Å². The van der Waals surface area contributed by atoms with Crippen LogP contribution in [0.5, 0.6) is 0 Å². The summed E-state index contributed by atoms with van der Waals surface area (Å²) in [5.74, 6) is 7.17. The highest BCUT2D eigenvalue weighted by Gasteiger charge is 2.54. The Bertz CT molecular complexity index is 1060. The molecule has 5 rings (SSSR count). The summed E-state index contributed by atoms with van der Waals surface area (Å²) in [5, 5.41) is 10.0. The number of piperazine rings is 1. The van der Waals surface area contributed by atoms with Crippen molar-refractivity contribution < 1.29 is 14.7 Å². The Hall–Kier alpha value is -3.10. The Morgan fingerprint density at radius 2 is 1.76 bits per heavy atom. The van der Waals surface area contributed by atoms with Crippen molar-refractivity contribution in [3.63, 3.8) is 0 Å². The maximum atomic E-state index is 12.9. The van der Waals surface area contributed by atoms with Gasteiger partial charge in [-0.2, -0.15) is 0 Å². The normalized spacial score (nSPS) is 24.6. The molecule has 1 N–H and O–H groups in total. The van der Waals surface area contributed by atoms with Crippen LogP contribution in [0.25, 0.3) is 0 Å². The zero-order valence-electron chi connectivity index (χ0n) is 18.8. The quantitative estimate of drug-likeness (QED) is 0.738. The third kappa shape index (κ3) is 4.28. The summed E-state index contributed by atoms with van der Waals surface area (Å²) >= 11 is 0. The van der Waals surface area contributed by atoms with Crippen LogP contribution in [0, 0.1) is 17.8 Å². The lowest BCUT2D eigenvalue weighted by molar-refractivity contribution is -0.159. The molecule has 2 aromatic carbocycles. The molecule has 170 valence electrons. The van der Waals surface area contributed by atoms with Crippen LogP contribution in [0.2, 0.25) is 0 Å². The maximum absolute atomic E-state index is 12.9. The summed E-state index contributed by atoms with van der Waals surface area (Å²) in [6.07, 6.45) is 6.25. The van der Waals surface area contributed by atoms with Gasteiger partial charge in [-0.15, -0.1) is 0 Å². The number of nitrogens with zero attached hydrogens (tertiary/aromatic N) is 2. The molecule has 5 nitrogen and oxygen atoms in total. The SMILES string of the molecule is O=C(c1ccccc1)N1CC(=O)N2[C@H](CO)[C@H](c3ccc(C#CCC4CCCC4)cc3)[C@H]2C1. The van der Waals surface area contributed by atoms with Crippen LogP contribution >= 0.6 is 0 Å². The van der Waals surface area contributed by atoms with E-state index in [-0.39, 0.29) is 43.0 Å². The van der Waals surface area contributed by atoms with Gasteiger partial charge in [0, 0.05) is 30.0 Å². The van der Waals surface area contributed by atoms with Gasteiger partial charge in [-0.05, 0) is 48.6 Å². The minimum atomic E-state index is -0.240. The molecule has 3 fully saturated rings. The van der Waals surface area contributed by atoms with Gasteiger partial charge in [-0.25, -0.2) is 0 Å². The average Bonchev–Trinajstić information content (AvgIpc) is 3.35. The Labute approximate surface area is 195 Å². The van der Waals surface area contributed by atoms with E-state index in [4.69, 9.17) is 0 Å². The van der Waals surface area contributed by atoms with E-state index in [1.54, 1.807) is 21.9 Å². The topological polar surface area (TPSA) is 60.9 Å². The second kappa shape index (κ2) is 9.41. The van der Waals surface area contributed by atoms with Crippen LogP contribution in [-0.4, -0.2) is 58.5 Å². The van der Waals surface area contributed by atoms with E-state index in [0.717, 1.165) is 23.5 Å². The van der Waals surface area contributed by atoms with Crippen LogP contribution in [0.4, 0.5) is 0 Å². The summed E-state index contributed by atoms with van der Waals surface area (Å²) in [4.78, 5) is 29.2. The molecule has 0 radical (unpaired) electrons. The number of hydrogen-bond acceptors (Lipinski definition) is 3. The summed E-state index contributed by atoms with van der Waals surface area (Å²) in [6.45, 7) is 0.453. The monoisotopic (exact) mass is 442 g/mol. The zero-order chi connectivity index (χ0) is 22.8. The average molecular weight is 443 g/mol. The molecule has 0 spiro atoms. The second-order valence-corrected chi connectivity index (χ2v) is 9.47. The summed E-state index contributed by atoms with van der Waals surface area (Å²) in [5.41, 5.74) is 2.67. The predicted octanol–water partition coefficient (Wildman–Crippen LogP) is 3.43. The molecule has 2 saturated heterocycles. The molecule has 2 amide bonds. The number of hydrogen-bond donors (Lipinski definition) is 1. The van der Waals surface area contributed by atoms with Gasteiger partial charge in [0.15, 0.2) is 0 Å². The molecule has 1 saturated carbocycles. The summed E-state index contributed by atoms with van der Waals surface area (Å²) in [7, 11) is 0. The Morgan fingerprint density at radius 1 is 1.03 bits per heavy atom. The number of rotatable bonds is 4. The molecular formula is C28H30N2O3. The van der Waals surface area contributed by atoms with Gasteiger partial charge >= 0.3 is 0 Å². The molecule has 33 heavy (non-hydrogen) atoms. The molecular weight excluding hydrogens is 412 g/mol. The van der Waals surface area contributed by atoms with Crippen molar-refractivity contribution in [3.05, 3.63) is 71.3 Å². The Morgan fingerprint density at radius 3 is 2.45 bits per heavy atom. The molecule has 0 aromatic heterocycles. The fourth-order valence-corrected chi connectivity index (χ4v) is 5.72. The first-order valence-corrected chi connectivity index (χ1v) is 12.0. The second-order valence-electron chi connectivity index (χ2n) is 9.47. The predicted molar refractivity (Wildman–Crippen MR) is 126 cm³/mol. The van der Waals surface area contributed by atoms with Crippen LogP contribution in [0.1, 0.15) is 59.5 Å². The van der Waals surface area contributed by atoms with E-state index >= 15 is 0 Å². The van der Waals surface area contributed by atoms with Crippen molar-refractivity contribution in [3.8, 4) is 11.8 Å². The molecule has 5 heteroatoms. The highest BCUT2D eigenvalue weighted by molar-refractivity contribution is 5.97. The first kappa shape index (κ1) is 21.7. The van der Waals surface area contributed by atoms with E-state index in [2.05, 4.69) is 24.0 Å². The third-order valence-electron chi connectivity index (χ3n) is 7.45. The number of aliphatic hydroxyl groups is 1. The highest BCUT2D eigenvalue weighted by atomic mass is 16.3. The van der Waals surface area contributed by atoms with Gasteiger partial charge in [0.25, 0.3) is 5.91 Å². The van der Waals surface area contributed by atoms with E-state index in [1.165, 1.54) is 25.7 Å². The number of aliphatic hydroxyl groups excluding tert-OH is 1. The van der Waals surface area contributed by atoms with E-state index in [0.29, 0.717) is 12.1 Å². The lowest BCUT2D eigenvalue weighted by Gasteiger charge is -2.58. The van der Waals surface area contributed by atoms with Gasteiger partial charge in [-0.1, -0.05) is 55.0 Å². The van der Waals surface area contributed by atoms with Gasteiger partial charge in [0.1, 0.15) is 6.54 Å². The molecule has 0 unspecified atom stereocenters. The number of benzene rings is 2. The summed E-state index contributed by atoms with van der Waals surface area (Å²) in [6, 6.07) is 16.9. The van der Waals surface area contributed by atoms with Crippen molar-refractivity contribution in [1.82, 2.24) is 9.80 Å². The van der Waals surface area contributed by atoms with Gasteiger partial charge < -0.3 is 14.9 Å². The smallest absolute Gasteiger partial charge is 0.254 e. The lowest BCUT2D eigenvalue weighted by Crippen LogP contribution is -2.73. The fraction of sp³-hybridized carbons (Fsp3) is 0.429. The van der Waals surface area contributed by atoms with Crippen LogP contribution in [0.3, 0.4) is 0 Å². The largest absolute Gasteiger partial charge is 0.394 e. The molecule has 0 bridgehead atoms. The fourth-order valence-electron chi connectivity index (χ4n) is 5.72. The standard InChI is InChI=1S/C28H30N2O3/c31-19-25-27(22-15-13-21(14-16-22)10-6-9-20-7-4-5-8-20)24-17-29(18-26(32)30(24)25)28(33)23-11-2-1-3-12-23/h1-3,11-16,20,24-25,27,31H,4-5,7-9,17-19H2/t24-,25-,27-/m1/s1. The van der Waals surface area contributed by atoms with Crippen molar-refractivity contribution >= 4 is 11.8 Å². The Kier molecular flexibility index (Phi) is 6.20. The highest BCUT2D eigenvalue weighted by Crippen LogP contribution is 2.43. The van der Waals surface area contributed by atoms with Crippen LogP contribution in [0.15, 0.2) is 54.6 Å². The summed E-state index contributed by atoms with van der Waals surface area (Å²) < 4.78 is 0. The van der Waals surface area contributed by atoms with E-state index in [1.807, 2.05) is 30.3 Å². The van der Waals surface area contributed by atoms with Crippen molar-refractivity contribution in [2.45, 2.75) is 50.1 Å². The molecule has 3 atom stereocenters. The molecule has 2 aromatic rings. The van der Waals surface area contributed by atoms with Crippen LogP contribution < -0.4 is 0 Å². The third-order valence-corrected chi connectivity index (χ3v) is 7.45. The van der Waals surface area contributed by atoms with Gasteiger partial charge in [0.2, 0.25) is 5.91 Å². The van der Waals surface area contributed by atoms with Crippen molar-refractivity contribution in [2.24, 2.45) is 5.92 Å². The maximum Gasteiger partial charge on any atom is 0.254 e. The minimum absolute atomic E-state index is 0.00539. The lowest BCUT2D eigenvalue weighted by atomic mass is 9.73. The molecule has 3 aliphatic rings. The molecule has 2 aliphatic heterocycles. The van der Waals surface area contributed by atoms with E-state index < -0.39 is 0 Å². The number of amides is 2. The minimum Gasteiger partial charge on any atom is -0.394 e. The number of carbonyl (C=O) groups excluding carboxylic acids is 2. The zero-order valence-corrected chi connectivity index (χ0v) is 18.8. The first-order chi connectivity index (χ1) is 16.2. The van der Waals surface area contributed by atoms with E-state index in [9.17, 15) is 14.7 Å². The van der Waals surface area contributed by atoms with Gasteiger partial charge in [-0.3, -0.25) is 9.59 Å². The molecule has 2 heterocycles. The van der Waals surface area contributed by atoms with Crippen molar-refractivity contribution in [2.75, 3.05) is 19.7 Å². The van der Waals surface area contributed by atoms with Gasteiger partial charge in [0.05, 0.1) is 18.7 Å². The van der Waals surface area contributed by atoms with Crippen LogP contribution in [-0.2, 0) is 4.79 Å². The number of carbonyl (C=O) groups is 2. The number of fused-ring (bicyclic) bond motifs is 1. The first-order valence-electron chi connectivity index (χ1n) is 12.0. The Balaban J connectivity index is 1.30. The molecule has 1 aliphatic carbocycles.